The Labute approximate surface area is 180 Å². The monoisotopic (exact) mass is 455 g/mol. The summed E-state index contributed by atoms with van der Waals surface area (Å²) in [6.45, 7) is 0.470. The van der Waals surface area contributed by atoms with E-state index < -0.39 is 11.8 Å². The fraction of sp³-hybridized carbons (Fsp3) is 0.211. The molecule has 0 aliphatic carbocycles. The van der Waals surface area contributed by atoms with Crippen molar-refractivity contribution in [3.63, 3.8) is 0 Å². The first-order chi connectivity index (χ1) is 13.8. The molecule has 1 fully saturated rings. The zero-order valence-electron chi connectivity index (χ0n) is 14.9. The van der Waals surface area contributed by atoms with Crippen LogP contribution in [-0.2, 0) is 14.3 Å². The average molecular weight is 456 g/mol. The van der Waals surface area contributed by atoms with Crippen LogP contribution in [0.25, 0.3) is 17.4 Å². The Hall–Kier alpha value is -2.20. The molecule has 1 aliphatic rings. The Bertz CT molecular complexity index is 991. The molecule has 2 heterocycles. The second kappa shape index (κ2) is 9.53. The van der Waals surface area contributed by atoms with Gasteiger partial charge in [0.2, 0.25) is 0 Å². The van der Waals surface area contributed by atoms with Gasteiger partial charge < -0.3 is 14.3 Å². The number of aliphatic carboxylic acids is 1. The van der Waals surface area contributed by atoms with E-state index in [-0.39, 0.29) is 32.1 Å². The molecule has 6 nitrogen and oxygen atoms in total. The minimum Gasteiger partial charge on any atom is -0.481 e. The van der Waals surface area contributed by atoms with Gasteiger partial charge in [0.1, 0.15) is 21.7 Å². The molecule has 2 aromatic rings. The van der Waals surface area contributed by atoms with Crippen LogP contribution in [-0.4, -0.2) is 46.0 Å². The Kier molecular flexibility index (Phi) is 7.07. The molecular formula is C19H15ClFNO5S2. The number of thiocarbonyl (C=S) groups is 1. The van der Waals surface area contributed by atoms with Crippen LogP contribution in [0.2, 0.25) is 5.02 Å². The summed E-state index contributed by atoms with van der Waals surface area (Å²) in [5, 5.41) is 8.92. The van der Waals surface area contributed by atoms with Crippen LogP contribution in [0.3, 0.4) is 0 Å². The Morgan fingerprint density at radius 1 is 1.34 bits per heavy atom. The quantitative estimate of drug-likeness (QED) is 0.358. The van der Waals surface area contributed by atoms with Gasteiger partial charge in [-0.1, -0.05) is 35.6 Å². The Morgan fingerprint density at radius 3 is 2.90 bits per heavy atom. The number of hydrogen-bond acceptors (Lipinski definition) is 6. The van der Waals surface area contributed by atoms with Gasteiger partial charge in [0, 0.05) is 11.6 Å². The third-order valence-electron chi connectivity index (χ3n) is 3.89. The van der Waals surface area contributed by atoms with Gasteiger partial charge in [0.15, 0.2) is 0 Å². The fourth-order valence-corrected chi connectivity index (χ4v) is 4.00. The maximum atomic E-state index is 13.5. The SMILES string of the molecule is O=C(O)CCOCCN1C(=O)/C(=C/c2ccc(-c3cc(F)ccc3Cl)o2)SC1=S. The average Bonchev–Trinajstić information content (AvgIpc) is 3.23. The summed E-state index contributed by atoms with van der Waals surface area (Å²) >= 11 is 12.5. The van der Waals surface area contributed by atoms with Crippen molar-refractivity contribution in [3.8, 4) is 11.3 Å². The molecule has 1 aromatic heterocycles. The lowest BCUT2D eigenvalue weighted by Crippen LogP contribution is -2.31. The highest BCUT2D eigenvalue weighted by Gasteiger charge is 2.32. The highest BCUT2D eigenvalue weighted by Crippen LogP contribution is 2.34. The molecule has 0 bridgehead atoms. The van der Waals surface area contributed by atoms with Crippen molar-refractivity contribution in [1.82, 2.24) is 4.90 Å². The van der Waals surface area contributed by atoms with E-state index in [0.29, 0.717) is 31.3 Å². The molecule has 1 saturated heterocycles. The first kappa shape index (κ1) is 21.5. The molecule has 0 saturated carbocycles. The molecule has 3 rings (SSSR count). The van der Waals surface area contributed by atoms with E-state index in [4.69, 9.17) is 38.1 Å². The number of hydrogen-bond donors (Lipinski definition) is 1. The molecule has 1 amide bonds. The van der Waals surface area contributed by atoms with E-state index in [1.54, 1.807) is 18.2 Å². The molecule has 1 N–H and O–H groups in total. The van der Waals surface area contributed by atoms with Crippen LogP contribution in [0.15, 0.2) is 39.7 Å². The number of carboxylic acids is 1. The van der Waals surface area contributed by atoms with Crippen LogP contribution in [0, 0.1) is 5.82 Å². The van der Waals surface area contributed by atoms with Crippen LogP contribution in [0.1, 0.15) is 12.2 Å². The van der Waals surface area contributed by atoms with E-state index in [2.05, 4.69) is 0 Å². The summed E-state index contributed by atoms with van der Waals surface area (Å²) in [5.41, 5.74) is 0.414. The topological polar surface area (TPSA) is 80.0 Å². The molecule has 1 aromatic carbocycles. The predicted octanol–water partition coefficient (Wildman–Crippen LogP) is 4.43. The van der Waals surface area contributed by atoms with Crippen LogP contribution in [0.4, 0.5) is 4.39 Å². The first-order valence-corrected chi connectivity index (χ1v) is 10.1. The summed E-state index contributed by atoms with van der Waals surface area (Å²) in [6, 6.07) is 7.26. The van der Waals surface area contributed by atoms with Crippen molar-refractivity contribution >= 4 is 57.9 Å². The maximum absolute atomic E-state index is 13.5. The van der Waals surface area contributed by atoms with Gasteiger partial charge >= 0.3 is 5.97 Å². The molecule has 0 spiro atoms. The summed E-state index contributed by atoms with van der Waals surface area (Å²) < 4.78 is 24.7. The maximum Gasteiger partial charge on any atom is 0.305 e. The van der Waals surface area contributed by atoms with Crippen LogP contribution in [0.5, 0.6) is 0 Å². The second-order valence-corrected chi connectivity index (χ2v) is 8.00. The summed E-state index contributed by atoms with van der Waals surface area (Å²) in [5.74, 6) is -0.894. The van der Waals surface area contributed by atoms with Gasteiger partial charge in [-0.25, -0.2) is 4.39 Å². The molecule has 0 radical (unpaired) electrons. The number of rotatable bonds is 8. The minimum atomic E-state index is -0.948. The largest absolute Gasteiger partial charge is 0.481 e. The van der Waals surface area contributed by atoms with E-state index in [9.17, 15) is 14.0 Å². The number of nitrogens with zero attached hydrogens (tertiary/aromatic N) is 1. The van der Waals surface area contributed by atoms with Crippen molar-refractivity contribution in [1.29, 1.82) is 0 Å². The van der Waals surface area contributed by atoms with Crippen LogP contribution < -0.4 is 0 Å². The number of thioether (sulfide) groups is 1. The number of ether oxygens (including phenoxy) is 1. The highest BCUT2D eigenvalue weighted by atomic mass is 35.5. The fourth-order valence-electron chi connectivity index (χ4n) is 2.50. The van der Waals surface area contributed by atoms with Crippen molar-refractivity contribution < 1.29 is 28.2 Å². The van der Waals surface area contributed by atoms with Gasteiger partial charge in [-0.15, -0.1) is 0 Å². The number of carboxylic acid groups (broad SMARTS) is 1. The van der Waals surface area contributed by atoms with Crippen LogP contribution >= 0.6 is 35.6 Å². The van der Waals surface area contributed by atoms with E-state index in [0.717, 1.165) is 11.8 Å². The highest BCUT2D eigenvalue weighted by molar-refractivity contribution is 8.26. The summed E-state index contributed by atoms with van der Waals surface area (Å²) in [6.07, 6.45) is 1.45. The van der Waals surface area contributed by atoms with E-state index in [1.807, 2.05) is 0 Å². The molecule has 29 heavy (non-hydrogen) atoms. The van der Waals surface area contributed by atoms with Gasteiger partial charge in [0.05, 0.1) is 36.1 Å². The third-order valence-corrected chi connectivity index (χ3v) is 5.59. The zero-order valence-corrected chi connectivity index (χ0v) is 17.3. The molecule has 0 unspecified atom stereocenters. The van der Waals surface area contributed by atoms with E-state index >= 15 is 0 Å². The lowest BCUT2D eigenvalue weighted by atomic mass is 10.2. The molecular weight excluding hydrogens is 441 g/mol. The minimum absolute atomic E-state index is 0.0672. The Balaban J connectivity index is 1.66. The molecule has 10 heteroatoms. The Morgan fingerprint density at radius 2 is 2.14 bits per heavy atom. The number of furan rings is 1. The molecule has 152 valence electrons. The number of carbonyl (C=O) groups is 2. The third kappa shape index (κ3) is 5.45. The molecule has 0 atom stereocenters. The number of amides is 1. The van der Waals surface area contributed by atoms with Crippen molar-refractivity contribution in [2.45, 2.75) is 6.42 Å². The smallest absolute Gasteiger partial charge is 0.305 e. The lowest BCUT2D eigenvalue weighted by Gasteiger charge is -2.14. The van der Waals surface area contributed by atoms with Crippen molar-refractivity contribution in [2.75, 3.05) is 19.8 Å². The molecule has 1 aliphatic heterocycles. The standard InChI is InChI=1S/C19H15ClFNO5S2/c20-14-3-1-11(21)9-13(14)15-4-2-12(27-15)10-16-18(25)22(19(28)29-16)6-8-26-7-5-17(23)24/h1-4,9-10H,5-8H2,(H,23,24)/b16-10-. The van der Waals surface area contributed by atoms with Crippen molar-refractivity contribution in [2.24, 2.45) is 0 Å². The van der Waals surface area contributed by atoms with E-state index in [1.165, 1.54) is 23.1 Å². The van der Waals surface area contributed by atoms with Gasteiger partial charge in [-0.05, 0) is 30.3 Å². The van der Waals surface area contributed by atoms with Gasteiger partial charge in [-0.3, -0.25) is 14.5 Å². The number of halogens is 2. The second-order valence-electron chi connectivity index (χ2n) is 5.92. The normalized spacial score (nSPS) is 15.5. The first-order valence-electron chi connectivity index (χ1n) is 8.45. The summed E-state index contributed by atoms with van der Waals surface area (Å²) in [4.78, 5) is 24.8. The zero-order chi connectivity index (χ0) is 21.0. The summed E-state index contributed by atoms with van der Waals surface area (Å²) in [7, 11) is 0. The number of benzene rings is 1. The lowest BCUT2D eigenvalue weighted by molar-refractivity contribution is -0.138. The van der Waals surface area contributed by atoms with Gasteiger partial charge in [-0.2, -0.15) is 0 Å². The predicted molar refractivity (Wildman–Crippen MR) is 112 cm³/mol. The van der Waals surface area contributed by atoms with Gasteiger partial charge in [0.25, 0.3) is 5.91 Å². The number of carbonyl (C=O) groups excluding carboxylic acids is 1. The van der Waals surface area contributed by atoms with Crippen molar-refractivity contribution in [3.05, 3.63) is 51.8 Å².